The number of aromatic hydroxyl groups is 1. The van der Waals surface area contributed by atoms with Crippen LogP contribution in [0.25, 0.3) is 10.8 Å². The molecule has 0 spiro atoms. The van der Waals surface area contributed by atoms with E-state index in [-0.39, 0.29) is 17.5 Å². The van der Waals surface area contributed by atoms with Crippen LogP contribution in [0.1, 0.15) is 23.2 Å². The maximum Gasteiger partial charge on any atom is 0.166 e. The van der Waals surface area contributed by atoms with Gasteiger partial charge >= 0.3 is 0 Å². The summed E-state index contributed by atoms with van der Waals surface area (Å²) >= 11 is 0. The third-order valence-electron chi connectivity index (χ3n) is 3.01. The largest absolute Gasteiger partial charge is 0.507 e. The topological polar surface area (TPSA) is 50.2 Å². The van der Waals surface area contributed by atoms with Gasteiger partial charge in [-0.3, -0.25) is 9.78 Å². The molecule has 1 heterocycles. The summed E-state index contributed by atoms with van der Waals surface area (Å²) in [6.45, 7) is 0. The second-order valence-corrected chi connectivity index (χ2v) is 4.19. The second kappa shape index (κ2) is 3.30. The Morgan fingerprint density at radius 2 is 2.06 bits per heavy atom. The van der Waals surface area contributed by atoms with E-state index < -0.39 is 0 Å². The van der Waals surface area contributed by atoms with Crippen molar-refractivity contribution in [1.29, 1.82) is 0 Å². The molecule has 3 rings (SSSR count). The van der Waals surface area contributed by atoms with Crippen LogP contribution >= 0.6 is 0 Å². The minimum absolute atomic E-state index is 0.179. The number of phenols is 1. The number of hydrogen-bond donors (Lipinski definition) is 1. The molecule has 3 heteroatoms. The number of carbonyl (C=O) groups is 1. The summed E-state index contributed by atoms with van der Waals surface area (Å²) in [6, 6.07) is 5.01. The number of nitrogens with zero attached hydrogens (tertiary/aromatic N) is 1. The van der Waals surface area contributed by atoms with E-state index in [1.165, 1.54) is 0 Å². The predicted octanol–water partition coefficient (Wildman–Crippen LogP) is 2.53. The molecule has 0 aliphatic heterocycles. The smallest absolute Gasteiger partial charge is 0.166 e. The van der Waals surface area contributed by atoms with Crippen molar-refractivity contribution in [2.24, 2.45) is 5.92 Å². The molecule has 1 N–H and O–H groups in total. The van der Waals surface area contributed by atoms with Crippen LogP contribution in [-0.2, 0) is 0 Å². The molecule has 1 aromatic carbocycles. The van der Waals surface area contributed by atoms with Gasteiger partial charge in [-0.05, 0) is 31.0 Å². The molecule has 2 aromatic rings. The number of fused-ring (bicyclic) bond motifs is 1. The Labute approximate surface area is 92.7 Å². The first-order valence-corrected chi connectivity index (χ1v) is 5.37. The zero-order valence-electron chi connectivity index (χ0n) is 8.68. The lowest BCUT2D eigenvalue weighted by molar-refractivity contribution is 0.0969. The first-order chi connectivity index (χ1) is 7.77. The van der Waals surface area contributed by atoms with E-state index in [9.17, 15) is 9.90 Å². The summed E-state index contributed by atoms with van der Waals surface area (Å²) in [5.74, 6) is 0.565. The first-order valence-electron chi connectivity index (χ1n) is 5.37. The Bertz CT molecular complexity index is 573. The highest BCUT2D eigenvalue weighted by Crippen LogP contribution is 2.36. The molecule has 0 amide bonds. The summed E-state index contributed by atoms with van der Waals surface area (Å²) in [5.41, 5.74) is 0.684. The number of benzene rings is 1. The van der Waals surface area contributed by atoms with E-state index in [2.05, 4.69) is 4.98 Å². The van der Waals surface area contributed by atoms with E-state index in [0.29, 0.717) is 10.9 Å². The third-order valence-corrected chi connectivity index (χ3v) is 3.01. The van der Waals surface area contributed by atoms with Gasteiger partial charge in [0.25, 0.3) is 0 Å². The van der Waals surface area contributed by atoms with Gasteiger partial charge < -0.3 is 5.11 Å². The number of rotatable bonds is 2. The highest BCUT2D eigenvalue weighted by Gasteiger charge is 2.31. The van der Waals surface area contributed by atoms with Crippen LogP contribution in [-0.4, -0.2) is 15.9 Å². The average molecular weight is 213 g/mol. The molecular weight excluding hydrogens is 202 g/mol. The molecule has 1 aliphatic carbocycles. The Morgan fingerprint density at radius 3 is 2.81 bits per heavy atom. The third kappa shape index (κ3) is 1.36. The number of phenolic OH excluding ortho intramolecular Hbond substituents is 1. The van der Waals surface area contributed by atoms with Gasteiger partial charge in [0.2, 0.25) is 0 Å². The molecule has 3 nitrogen and oxygen atoms in total. The summed E-state index contributed by atoms with van der Waals surface area (Å²) in [5, 5.41) is 11.1. The number of Topliss-reactive ketones (excluding diaryl/α,β-unsaturated/α-hetero) is 1. The molecule has 0 saturated heterocycles. The molecule has 1 aromatic heterocycles. The van der Waals surface area contributed by atoms with Gasteiger partial charge in [-0.15, -0.1) is 0 Å². The van der Waals surface area contributed by atoms with E-state index in [1.807, 2.05) is 0 Å². The Morgan fingerprint density at radius 1 is 1.25 bits per heavy atom. The van der Waals surface area contributed by atoms with E-state index in [0.717, 1.165) is 18.2 Å². The SMILES string of the molecule is O=C(c1ccc(O)c2ccncc12)C1CC1. The molecule has 1 saturated carbocycles. The summed E-state index contributed by atoms with van der Waals surface area (Å²) in [6.07, 6.45) is 5.24. The number of aromatic nitrogens is 1. The van der Waals surface area contributed by atoms with Crippen LogP contribution in [0.5, 0.6) is 5.75 Å². The minimum atomic E-state index is 0.179. The number of pyridine rings is 1. The standard InChI is InChI=1S/C13H11NO2/c15-12-4-3-10(13(16)8-1-2-8)11-7-14-6-5-9(11)12/h3-8,15H,1-2H2. The van der Waals surface area contributed by atoms with Crippen LogP contribution in [0.15, 0.2) is 30.6 Å². The lowest BCUT2D eigenvalue weighted by atomic mass is 10.0. The number of hydrogen-bond acceptors (Lipinski definition) is 3. The van der Waals surface area contributed by atoms with E-state index in [4.69, 9.17) is 0 Å². The molecule has 1 aliphatic rings. The van der Waals surface area contributed by atoms with Gasteiger partial charge in [0.05, 0.1) is 0 Å². The zero-order valence-corrected chi connectivity index (χ0v) is 8.68. The second-order valence-electron chi connectivity index (χ2n) is 4.19. The molecule has 80 valence electrons. The molecule has 0 radical (unpaired) electrons. The fraction of sp³-hybridized carbons (Fsp3) is 0.231. The monoisotopic (exact) mass is 213 g/mol. The van der Waals surface area contributed by atoms with Crippen molar-refractivity contribution in [3.63, 3.8) is 0 Å². The van der Waals surface area contributed by atoms with Crippen molar-refractivity contribution < 1.29 is 9.90 Å². The highest BCUT2D eigenvalue weighted by atomic mass is 16.3. The van der Waals surface area contributed by atoms with E-state index in [1.54, 1.807) is 30.6 Å². The Kier molecular flexibility index (Phi) is 1.93. The Hall–Kier alpha value is -1.90. The molecule has 1 fully saturated rings. The fourth-order valence-electron chi connectivity index (χ4n) is 1.95. The van der Waals surface area contributed by atoms with Gasteiger partial charge in [0.1, 0.15) is 5.75 Å². The van der Waals surface area contributed by atoms with Crippen LogP contribution in [0.2, 0.25) is 0 Å². The van der Waals surface area contributed by atoms with Crippen molar-refractivity contribution in [3.05, 3.63) is 36.2 Å². The fourth-order valence-corrected chi connectivity index (χ4v) is 1.95. The van der Waals surface area contributed by atoms with Crippen molar-refractivity contribution >= 4 is 16.6 Å². The van der Waals surface area contributed by atoms with Crippen LogP contribution < -0.4 is 0 Å². The van der Waals surface area contributed by atoms with Gasteiger partial charge in [0, 0.05) is 34.6 Å². The summed E-state index contributed by atoms with van der Waals surface area (Å²) in [7, 11) is 0. The maximum absolute atomic E-state index is 12.0. The van der Waals surface area contributed by atoms with Crippen molar-refractivity contribution in [2.45, 2.75) is 12.8 Å². The van der Waals surface area contributed by atoms with Crippen LogP contribution in [0, 0.1) is 5.92 Å². The molecule has 0 unspecified atom stereocenters. The van der Waals surface area contributed by atoms with Gasteiger partial charge in [-0.2, -0.15) is 0 Å². The minimum Gasteiger partial charge on any atom is -0.507 e. The Balaban J connectivity index is 2.24. The van der Waals surface area contributed by atoms with Gasteiger partial charge in [0.15, 0.2) is 5.78 Å². The van der Waals surface area contributed by atoms with Gasteiger partial charge in [-0.25, -0.2) is 0 Å². The number of carbonyl (C=O) groups excluding carboxylic acids is 1. The molecule has 0 bridgehead atoms. The van der Waals surface area contributed by atoms with Crippen molar-refractivity contribution in [2.75, 3.05) is 0 Å². The first kappa shape index (κ1) is 9.33. The van der Waals surface area contributed by atoms with Gasteiger partial charge in [-0.1, -0.05) is 0 Å². The predicted molar refractivity (Wildman–Crippen MR) is 60.5 cm³/mol. The molecular formula is C13H11NO2. The highest BCUT2D eigenvalue weighted by molar-refractivity contribution is 6.10. The normalized spacial score (nSPS) is 15.2. The maximum atomic E-state index is 12.0. The van der Waals surface area contributed by atoms with Crippen LogP contribution in [0.3, 0.4) is 0 Å². The number of ketones is 1. The molecule has 0 atom stereocenters. The van der Waals surface area contributed by atoms with Crippen LogP contribution in [0.4, 0.5) is 0 Å². The summed E-state index contributed by atoms with van der Waals surface area (Å²) in [4.78, 5) is 16.0. The van der Waals surface area contributed by atoms with Crippen molar-refractivity contribution in [3.8, 4) is 5.75 Å². The van der Waals surface area contributed by atoms with Crippen molar-refractivity contribution in [1.82, 2.24) is 4.98 Å². The van der Waals surface area contributed by atoms with E-state index >= 15 is 0 Å². The lowest BCUT2D eigenvalue weighted by Gasteiger charge is -2.05. The zero-order chi connectivity index (χ0) is 11.1. The lowest BCUT2D eigenvalue weighted by Crippen LogP contribution is -2.02. The summed E-state index contributed by atoms with van der Waals surface area (Å²) < 4.78 is 0. The average Bonchev–Trinajstić information content (AvgIpc) is 3.13. The quantitative estimate of drug-likeness (QED) is 0.780. The molecule has 16 heavy (non-hydrogen) atoms.